The average molecular weight is 812 g/mol. The van der Waals surface area contributed by atoms with Crippen LogP contribution in [0, 0.1) is 11.8 Å². The predicted molar refractivity (Wildman–Crippen MR) is 256 cm³/mol. The van der Waals surface area contributed by atoms with E-state index in [1.165, 1.54) is 218 Å². The standard InChI is InChI=1S/C52H77NS3/c1-3-5-7-9-11-13-15-17-19-21-23-25-27-29-42-53(43-30-28-26-24-22-20-18-16-14-12-10-8-6-4-2)48-37-34-46(35-38-48)33-36-47-41-45-55-52(47)51-40-39-50(56-51)49-32-31-44-54-49/h31-32,34-35,37-41,44-45H,3-30,42-43H2,1-2H3. The Bertz CT molecular complexity index is 1520. The van der Waals surface area contributed by atoms with Gasteiger partial charge < -0.3 is 4.90 Å². The predicted octanol–water partition coefficient (Wildman–Crippen LogP) is 18.4. The number of nitrogens with zero attached hydrogens (tertiary/aromatic N) is 1. The largest absolute Gasteiger partial charge is 0.372 e. The van der Waals surface area contributed by atoms with Crippen LogP contribution in [0.2, 0.25) is 0 Å². The third kappa shape index (κ3) is 19.4. The highest BCUT2D eigenvalue weighted by atomic mass is 32.1. The molecule has 0 saturated carbocycles. The molecule has 0 spiro atoms. The maximum atomic E-state index is 3.52. The van der Waals surface area contributed by atoms with E-state index in [1.807, 2.05) is 22.7 Å². The van der Waals surface area contributed by atoms with Gasteiger partial charge in [-0.2, -0.15) is 0 Å². The molecule has 1 nitrogen and oxygen atoms in total. The second-order valence-electron chi connectivity index (χ2n) is 16.3. The summed E-state index contributed by atoms with van der Waals surface area (Å²) in [5, 5.41) is 4.34. The third-order valence-corrected chi connectivity index (χ3v) is 14.6. The highest BCUT2D eigenvalue weighted by Gasteiger charge is 2.11. The van der Waals surface area contributed by atoms with Gasteiger partial charge >= 0.3 is 0 Å². The van der Waals surface area contributed by atoms with Gasteiger partial charge in [0.25, 0.3) is 0 Å². The number of thiophene rings is 3. The van der Waals surface area contributed by atoms with Crippen LogP contribution in [0.3, 0.4) is 0 Å². The Hall–Kier alpha value is -2.32. The summed E-state index contributed by atoms with van der Waals surface area (Å²) in [4.78, 5) is 7.95. The van der Waals surface area contributed by atoms with Crippen molar-refractivity contribution >= 4 is 39.7 Å². The molecule has 0 N–H and O–H groups in total. The van der Waals surface area contributed by atoms with Gasteiger partial charge in [0, 0.05) is 44.5 Å². The summed E-state index contributed by atoms with van der Waals surface area (Å²) in [7, 11) is 0. The van der Waals surface area contributed by atoms with Crippen LogP contribution in [0.1, 0.15) is 205 Å². The van der Waals surface area contributed by atoms with Crippen molar-refractivity contribution < 1.29 is 0 Å². The van der Waals surface area contributed by atoms with Gasteiger partial charge in [-0.05, 0) is 72.1 Å². The van der Waals surface area contributed by atoms with Crippen LogP contribution < -0.4 is 4.90 Å². The first-order chi connectivity index (χ1) is 27.8. The third-order valence-electron chi connectivity index (χ3n) is 11.4. The van der Waals surface area contributed by atoms with Crippen LogP contribution in [0.5, 0.6) is 0 Å². The SMILES string of the molecule is CCCCCCCCCCCCCCCCN(CCCCCCCCCCCCCCCC)c1ccc(C#Cc2ccsc2-c2ccc(-c3cccs3)s2)cc1. The molecule has 0 saturated heterocycles. The summed E-state index contributed by atoms with van der Waals surface area (Å²) in [6, 6.07) is 20.2. The molecule has 0 bridgehead atoms. The summed E-state index contributed by atoms with van der Waals surface area (Å²) >= 11 is 5.48. The minimum atomic E-state index is 1.10. The van der Waals surface area contributed by atoms with Crippen LogP contribution in [0.25, 0.3) is 19.5 Å². The smallest absolute Gasteiger partial charge is 0.0599 e. The Morgan fingerprint density at radius 3 is 1.34 bits per heavy atom. The highest BCUT2D eigenvalue weighted by molar-refractivity contribution is 7.25. The molecule has 4 heteroatoms. The molecule has 1 aromatic carbocycles. The molecule has 0 aliphatic heterocycles. The maximum absolute atomic E-state index is 3.52. The number of rotatable bonds is 33. The Kier molecular flexibility index (Phi) is 25.4. The normalized spacial score (nSPS) is 11.2. The highest BCUT2D eigenvalue weighted by Crippen LogP contribution is 2.39. The van der Waals surface area contributed by atoms with Crippen LogP contribution in [-0.2, 0) is 0 Å². The topological polar surface area (TPSA) is 3.24 Å². The van der Waals surface area contributed by atoms with Gasteiger partial charge in [-0.15, -0.1) is 34.0 Å². The van der Waals surface area contributed by atoms with Crippen LogP contribution in [-0.4, -0.2) is 13.1 Å². The van der Waals surface area contributed by atoms with Crippen LogP contribution in [0.15, 0.2) is 65.4 Å². The lowest BCUT2D eigenvalue weighted by Crippen LogP contribution is -2.25. The van der Waals surface area contributed by atoms with Crippen molar-refractivity contribution in [3.05, 3.63) is 76.5 Å². The molecular formula is C52H77NS3. The van der Waals surface area contributed by atoms with Gasteiger partial charge in [0.15, 0.2) is 0 Å². The number of hydrogen-bond acceptors (Lipinski definition) is 4. The quantitative estimate of drug-likeness (QED) is 0.0342. The first-order valence-corrected chi connectivity index (χ1v) is 25.9. The molecule has 0 unspecified atom stereocenters. The molecule has 0 atom stereocenters. The van der Waals surface area contributed by atoms with Crippen molar-refractivity contribution in [3.63, 3.8) is 0 Å². The monoisotopic (exact) mass is 812 g/mol. The van der Waals surface area contributed by atoms with Crippen molar-refractivity contribution in [2.45, 2.75) is 194 Å². The molecule has 0 aliphatic carbocycles. The lowest BCUT2D eigenvalue weighted by Gasteiger charge is -2.25. The molecular weight excluding hydrogens is 735 g/mol. The van der Waals surface area contributed by atoms with E-state index in [9.17, 15) is 0 Å². The van der Waals surface area contributed by atoms with E-state index in [0.717, 1.165) is 11.1 Å². The summed E-state index contributed by atoms with van der Waals surface area (Å²) in [6.45, 7) is 6.97. The summed E-state index contributed by atoms with van der Waals surface area (Å²) in [5.41, 5.74) is 3.61. The Labute approximate surface area is 357 Å². The fourth-order valence-corrected chi connectivity index (χ4v) is 10.7. The zero-order valence-electron chi connectivity index (χ0n) is 35.7. The van der Waals surface area contributed by atoms with E-state index in [0.29, 0.717) is 0 Å². The van der Waals surface area contributed by atoms with Gasteiger partial charge in [-0.3, -0.25) is 0 Å². The fourth-order valence-electron chi connectivity index (χ4n) is 7.87. The number of anilines is 1. The minimum Gasteiger partial charge on any atom is -0.372 e. The van der Waals surface area contributed by atoms with E-state index in [1.54, 1.807) is 11.3 Å². The Morgan fingerprint density at radius 1 is 0.411 bits per heavy atom. The molecule has 3 aromatic heterocycles. The average Bonchev–Trinajstić information content (AvgIpc) is 4.03. The molecule has 0 radical (unpaired) electrons. The Balaban J connectivity index is 1.19. The van der Waals surface area contributed by atoms with Gasteiger partial charge in [-0.25, -0.2) is 0 Å². The van der Waals surface area contributed by atoms with Gasteiger partial charge in [0.1, 0.15) is 0 Å². The summed E-state index contributed by atoms with van der Waals surface area (Å²) in [6.07, 6.45) is 39.6. The molecule has 0 amide bonds. The van der Waals surface area contributed by atoms with Crippen molar-refractivity contribution in [2.75, 3.05) is 18.0 Å². The van der Waals surface area contributed by atoms with E-state index in [4.69, 9.17) is 0 Å². The van der Waals surface area contributed by atoms with Crippen LogP contribution in [0.4, 0.5) is 5.69 Å². The molecule has 4 rings (SSSR count). The van der Waals surface area contributed by atoms with Gasteiger partial charge in [0.2, 0.25) is 0 Å². The first-order valence-electron chi connectivity index (χ1n) is 23.4. The van der Waals surface area contributed by atoms with Gasteiger partial charge in [0.05, 0.1) is 4.88 Å². The molecule has 308 valence electrons. The van der Waals surface area contributed by atoms with Crippen molar-refractivity contribution in [3.8, 4) is 31.3 Å². The Morgan fingerprint density at radius 2 is 0.875 bits per heavy atom. The summed E-state index contributed by atoms with van der Waals surface area (Å²) < 4.78 is 0. The molecule has 0 aliphatic rings. The maximum Gasteiger partial charge on any atom is 0.0599 e. The minimum absolute atomic E-state index is 1.10. The molecule has 4 aromatic rings. The first kappa shape index (κ1) is 46.4. The molecule has 0 fully saturated rings. The molecule has 3 heterocycles. The van der Waals surface area contributed by atoms with Crippen molar-refractivity contribution in [2.24, 2.45) is 0 Å². The van der Waals surface area contributed by atoms with E-state index in [-0.39, 0.29) is 0 Å². The number of unbranched alkanes of at least 4 members (excludes halogenated alkanes) is 26. The lowest BCUT2D eigenvalue weighted by atomic mass is 10.0. The second kappa shape index (κ2) is 30.7. The zero-order valence-corrected chi connectivity index (χ0v) is 38.2. The number of hydrogen-bond donors (Lipinski definition) is 0. The number of benzene rings is 1. The zero-order chi connectivity index (χ0) is 39.1. The van der Waals surface area contributed by atoms with E-state index >= 15 is 0 Å². The van der Waals surface area contributed by atoms with E-state index in [2.05, 4.69) is 95.9 Å². The fraction of sp³-hybridized carbons (Fsp3) is 0.615. The van der Waals surface area contributed by atoms with Crippen molar-refractivity contribution in [1.29, 1.82) is 0 Å². The second-order valence-corrected chi connectivity index (χ2v) is 19.2. The molecule has 56 heavy (non-hydrogen) atoms. The van der Waals surface area contributed by atoms with Gasteiger partial charge in [-0.1, -0.05) is 199 Å². The summed E-state index contributed by atoms with van der Waals surface area (Å²) in [5.74, 6) is 7.02. The van der Waals surface area contributed by atoms with Crippen LogP contribution >= 0.6 is 34.0 Å². The lowest BCUT2D eigenvalue weighted by molar-refractivity contribution is 0.529. The van der Waals surface area contributed by atoms with E-state index < -0.39 is 0 Å². The van der Waals surface area contributed by atoms with Crippen molar-refractivity contribution in [1.82, 2.24) is 0 Å².